The molecular weight excluding hydrogens is 524 g/mol. The lowest BCUT2D eigenvalue weighted by atomic mass is 9.66. The highest BCUT2D eigenvalue weighted by Gasteiger charge is 2.77. The van der Waals surface area contributed by atoms with E-state index in [9.17, 15) is 19.5 Å². The van der Waals surface area contributed by atoms with Gasteiger partial charge in [0.1, 0.15) is 6.04 Å². The second-order valence-corrected chi connectivity index (χ2v) is 15.8. The topological polar surface area (TPSA) is 87.1 Å². The maximum Gasteiger partial charge on any atom is 0.311 e. The highest BCUT2D eigenvalue weighted by molar-refractivity contribution is 8.02. The predicted molar refractivity (Wildman–Crippen MR) is 162 cm³/mol. The summed E-state index contributed by atoms with van der Waals surface area (Å²) in [5.41, 5.74) is -0.474. The molecule has 3 fully saturated rings. The summed E-state index contributed by atoms with van der Waals surface area (Å²) in [6.07, 6.45) is 9.56. The van der Waals surface area contributed by atoms with Gasteiger partial charge in [0.05, 0.1) is 23.2 Å². The van der Waals surface area contributed by atoms with Gasteiger partial charge in [-0.3, -0.25) is 14.4 Å². The number of amides is 2. The molecule has 0 radical (unpaired) electrons. The van der Waals surface area contributed by atoms with Crippen LogP contribution in [0.3, 0.4) is 0 Å². The van der Waals surface area contributed by atoms with Crippen molar-refractivity contribution in [2.75, 3.05) is 26.3 Å². The molecule has 8 heteroatoms. The van der Waals surface area contributed by atoms with Crippen LogP contribution in [0.1, 0.15) is 92.9 Å². The normalized spacial score (nSPS) is 29.4. The Morgan fingerprint density at radius 1 is 1.12 bits per heavy atom. The van der Waals surface area contributed by atoms with Crippen molar-refractivity contribution in [3.05, 3.63) is 25.3 Å². The Bertz CT molecular complexity index is 975. The number of likely N-dealkylation sites (tertiary alicyclic amines) is 1. The zero-order chi connectivity index (χ0) is 29.9. The molecule has 0 saturated carbocycles. The number of hydrogen-bond acceptors (Lipinski definition) is 6. The summed E-state index contributed by atoms with van der Waals surface area (Å²) in [6, 6.07) is -0.667. The number of nitrogens with zero attached hydrogens (tertiary/aromatic N) is 2. The fraction of sp³-hybridized carbons (Fsp3) is 0.781. The van der Waals surface area contributed by atoms with Crippen LogP contribution in [-0.4, -0.2) is 80.1 Å². The Balaban J connectivity index is 1.99. The zero-order valence-electron chi connectivity index (χ0n) is 25.7. The molecule has 1 N–H and O–H groups in total. The first-order valence-electron chi connectivity index (χ1n) is 15.0. The summed E-state index contributed by atoms with van der Waals surface area (Å²) < 4.78 is 4.65. The Hall–Kier alpha value is -1.80. The van der Waals surface area contributed by atoms with Gasteiger partial charge in [0.25, 0.3) is 0 Å². The van der Waals surface area contributed by atoms with Gasteiger partial charge in [-0.05, 0) is 77.6 Å². The van der Waals surface area contributed by atoms with Crippen molar-refractivity contribution in [2.24, 2.45) is 17.3 Å². The van der Waals surface area contributed by atoms with E-state index in [2.05, 4.69) is 54.7 Å². The molecule has 2 unspecified atom stereocenters. The maximum atomic E-state index is 14.7. The summed E-state index contributed by atoms with van der Waals surface area (Å²) in [7, 11) is 0. The Morgan fingerprint density at radius 3 is 2.42 bits per heavy atom. The van der Waals surface area contributed by atoms with Crippen molar-refractivity contribution >= 4 is 29.5 Å². The van der Waals surface area contributed by atoms with Crippen molar-refractivity contribution in [3.8, 4) is 0 Å². The smallest absolute Gasteiger partial charge is 0.311 e. The highest BCUT2D eigenvalue weighted by Crippen LogP contribution is 2.71. The minimum Gasteiger partial charge on any atom is -0.465 e. The minimum atomic E-state index is -0.675. The SMILES string of the molecule is C=CCCCCOC(=O)[C@H]1[C@H]2C(=O)N(CCCCO)C(C(=O)N(CC=C)C(C)(C)CC(C)(C)C)C23CC[C@]1(C)S3. The zero-order valence-corrected chi connectivity index (χ0v) is 26.5. The molecule has 5 atom stereocenters. The maximum absolute atomic E-state index is 14.7. The van der Waals surface area contributed by atoms with E-state index in [1.54, 1.807) is 22.7 Å². The van der Waals surface area contributed by atoms with Gasteiger partial charge in [-0.1, -0.05) is 32.9 Å². The van der Waals surface area contributed by atoms with Crippen LogP contribution in [0.25, 0.3) is 0 Å². The van der Waals surface area contributed by atoms with Gasteiger partial charge in [-0.2, -0.15) is 0 Å². The highest BCUT2D eigenvalue weighted by atomic mass is 32.2. The van der Waals surface area contributed by atoms with E-state index < -0.39 is 32.9 Å². The molecule has 0 aliphatic carbocycles. The number of allylic oxidation sites excluding steroid dienone is 1. The number of thioether (sulfide) groups is 1. The summed E-state index contributed by atoms with van der Waals surface area (Å²) in [6.45, 7) is 21.6. The van der Waals surface area contributed by atoms with Gasteiger partial charge >= 0.3 is 5.97 Å². The number of esters is 1. The van der Waals surface area contributed by atoms with Gasteiger partial charge in [-0.25, -0.2) is 0 Å². The quantitative estimate of drug-likeness (QED) is 0.160. The van der Waals surface area contributed by atoms with Crippen LogP contribution in [0.4, 0.5) is 0 Å². The molecular formula is C32H52N2O5S. The number of rotatable bonds is 15. The third-order valence-corrected chi connectivity index (χ3v) is 10.9. The molecule has 3 saturated heterocycles. The molecule has 0 aromatic carbocycles. The average molecular weight is 577 g/mol. The van der Waals surface area contributed by atoms with Crippen LogP contribution in [0, 0.1) is 17.3 Å². The molecule has 2 bridgehead atoms. The summed E-state index contributed by atoms with van der Waals surface area (Å²) in [4.78, 5) is 46.2. The fourth-order valence-electron chi connectivity index (χ4n) is 7.66. The molecule has 0 aromatic rings. The standard InChI is InChI=1S/C32H52N2O5S/c1-9-11-12-15-21-39-28(38)24-23-26(36)33(19-13-14-20-35)25(32(23)17-16-31(24,8)40-32)27(37)34(18-10-2)30(6,7)22-29(3,4)5/h9-10,23-25,35H,1-2,11-22H2,3-8H3/t23-,24+,25?,31-,32?/m0/s1. The van der Waals surface area contributed by atoms with Crippen molar-refractivity contribution in [1.82, 2.24) is 9.80 Å². The summed E-state index contributed by atoms with van der Waals surface area (Å²) in [5.74, 6) is -1.66. The van der Waals surface area contributed by atoms with Gasteiger partial charge in [-0.15, -0.1) is 24.9 Å². The van der Waals surface area contributed by atoms with Crippen molar-refractivity contribution in [2.45, 2.75) is 114 Å². The summed E-state index contributed by atoms with van der Waals surface area (Å²) in [5, 5.41) is 9.44. The number of carbonyl (C=O) groups is 3. The predicted octanol–water partition coefficient (Wildman–Crippen LogP) is 5.37. The lowest BCUT2D eigenvalue weighted by Crippen LogP contribution is -2.60. The molecule has 3 rings (SSSR count). The van der Waals surface area contributed by atoms with Crippen LogP contribution in [0.15, 0.2) is 25.3 Å². The van der Waals surface area contributed by atoms with Crippen LogP contribution >= 0.6 is 11.8 Å². The van der Waals surface area contributed by atoms with Crippen LogP contribution in [-0.2, 0) is 19.1 Å². The number of aliphatic hydroxyl groups excluding tert-OH is 1. The van der Waals surface area contributed by atoms with E-state index in [0.29, 0.717) is 39.0 Å². The molecule has 40 heavy (non-hydrogen) atoms. The van der Waals surface area contributed by atoms with Gasteiger partial charge in [0.15, 0.2) is 0 Å². The van der Waals surface area contributed by atoms with Crippen molar-refractivity contribution in [1.29, 1.82) is 0 Å². The molecule has 0 aromatic heterocycles. The molecule has 3 aliphatic heterocycles. The van der Waals surface area contributed by atoms with E-state index in [4.69, 9.17) is 4.74 Å². The molecule has 226 valence electrons. The third kappa shape index (κ3) is 6.33. The number of aliphatic hydroxyl groups is 1. The monoisotopic (exact) mass is 576 g/mol. The Labute approximate surface area is 246 Å². The minimum absolute atomic E-state index is 0.00903. The molecule has 3 aliphatic rings. The Morgan fingerprint density at radius 2 is 1.82 bits per heavy atom. The fourth-order valence-corrected chi connectivity index (χ4v) is 10.00. The lowest BCUT2D eigenvalue weighted by molar-refractivity contribution is -0.155. The lowest BCUT2D eigenvalue weighted by Gasteiger charge is -2.46. The van der Waals surface area contributed by atoms with Crippen LogP contribution < -0.4 is 0 Å². The summed E-state index contributed by atoms with van der Waals surface area (Å²) >= 11 is 1.68. The number of carbonyl (C=O) groups excluding carboxylic acids is 3. The largest absolute Gasteiger partial charge is 0.465 e. The number of ether oxygens (including phenoxy) is 1. The van der Waals surface area contributed by atoms with Crippen LogP contribution in [0.2, 0.25) is 0 Å². The second kappa shape index (κ2) is 12.6. The first-order valence-corrected chi connectivity index (χ1v) is 15.8. The number of unbranched alkanes of at least 4 members (excludes halogenated alkanes) is 3. The molecule has 2 amide bonds. The van der Waals surface area contributed by atoms with Gasteiger partial charge in [0, 0.05) is 30.0 Å². The second-order valence-electron chi connectivity index (χ2n) is 13.9. The van der Waals surface area contributed by atoms with Gasteiger partial charge in [0.2, 0.25) is 11.8 Å². The number of hydrogen-bond donors (Lipinski definition) is 1. The van der Waals surface area contributed by atoms with E-state index in [1.165, 1.54) is 0 Å². The molecule has 1 spiro atoms. The van der Waals surface area contributed by atoms with E-state index >= 15 is 0 Å². The Kier molecular flexibility index (Phi) is 10.3. The first kappa shape index (κ1) is 32.7. The average Bonchev–Trinajstić information content (AvgIpc) is 3.41. The van der Waals surface area contributed by atoms with E-state index in [0.717, 1.165) is 32.1 Å². The van der Waals surface area contributed by atoms with Gasteiger partial charge < -0.3 is 19.6 Å². The van der Waals surface area contributed by atoms with Crippen molar-refractivity contribution < 1.29 is 24.2 Å². The number of fused-ring (bicyclic) bond motifs is 1. The third-order valence-electron chi connectivity index (χ3n) is 8.89. The van der Waals surface area contributed by atoms with E-state index in [1.807, 2.05) is 11.0 Å². The molecule has 7 nitrogen and oxygen atoms in total. The molecule has 3 heterocycles. The van der Waals surface area contributed by atoms with E-state index in [-0.39, 0.29) is 29.8 Å². The van der Waals surface area contributed by atoms with Crippen LogP contribution in [0.5, 0.6) is 0 Å². The van der Waals surface area contributed by atoms with Crippen molar-refractivity contribution in [3.63, 3.8) is 0 Å². The first-order chi connectivity index (χ1) is 18.7.